The first-order valence-electron chi connectivity index (χ1n) is 6.91. The van der Waals surface area contributed by atoms with Crippen molar-refractivity contribution in [3.8, 4) is 11.4 Å². The normalized spacial score (nSPS) is 11.6. The molecule has 0 bridgehead atoms. The van der Waals surface area contributed by atoms with Crippen molar-refractivity contribution in [3.63, 3.8) is 0 Å². The SMILES string of the molecule is Cc1ccc2nc(-c3ccccc3NS(C)(=O)=O)[nH]c(=O)c2c1. The lowest BCUT2D eigenvalue weighted by molar-refractivity contribution is 0.607. The molecule has 0 unspecified atom stereocenters. The van der Waals surface area contributed by atoms with Crippen LogP contribution in [0.25, 0.3) is 22.3 Å². The predicted octanol–water partition coefficient (Wildman–Crippen LogP) is 2.27. The van der Waals surface area contributed by atoms with Gasteiger partial charge in [0, 0.05) is 5.56 Å². The molecule has 1 heterocycles. The van der Waals surface area contributed by atoms with Crippen molar-refractivity contribution in [2.75, 3.05) is 11.0 Å². The van der Waals surface area contributed by atoms with Gasteiger partial charge < -0.3 is 4.98 Å². The lowest BCUT2D eigenvalue weighted by Crippen LogP contribution is -2.13. The van der Waals surface area contributed by atoms with Crippen molar-refractivity contribution < 1.29 is 8.42 Å². The Morgan fingerprint density at radius 2 is 1.87 bits per heavy atom. The van der Waals surface area contributed by atoms with Crippen LogP contribution in [0.2, 0.25) is 0 Å². The summed E-state index contributed by atoms with van der Waals surface area (Å²) in [6, 6.07) is 12.2. The Bertz CT molecular complexity index is 1060. The molecule has 0 amide bonds. The number of para-hydroxylation sites is 1. The van der Waals surface area contributed by atoms with Crippen LogP contribution >= 0.6 is 0 Å². The zero-order valence-electron chi connectivity index (χ0n) is 12.6. The molecule has 1 aromatic heterocycles. The topological polar surface area (TPSA) is 91.9 Å². The predicted molar refractivity (Wildman–Crippen MR) is 91.0 cm³/mol. The molecule has 0 saturated heterocycles. The Morgan fingerprint density at radius 3 is 2.61 bits per heavy atom. The third-order valence-corrected chi connectivity index (χ3v) is 3.93. The molecule has 23 heavy (non-hydrogen) atoms. The summed E-state index contributed by atoms with van der Waals surface area (Å²) in [5.41, 5.74) is 2.14. The lowest BCUT2D eigenvalue weighted by Gasteiger charge is -2.10. The summed E-state index contributed by atoms with van der Waals surface area (Å²) in [6.07, 6.45) is 1.07. The van der Waals surface area contributed by atoms with Crippen molar-refractivity contribution in [1.29, 1.82) is 0 Å². The number of fused-ring (bicyclic) bond motifs is 1. The molecule has 0 aliphatic rings. The van der Waals surface area contributed by atoms with Crippen molar-refractivity contribution in [2.24, 2.45) is 0 Å². The number of hydrogen-bond donors (Lipinski definition) is 2. The second-order valence-electron chi connectivity index (χ2n) is 5.35. The molecule has 3 rings (SSSR count). The number of aromatic nitrogens is 2. The number of sulfonamides is 1. The summed E-state index contributed by atoms with van der Waals surface area (Å²) in [4.78, 5) is 19.5. The number of rotatable bonds is 3. The highest BCUT2D eigenvalue weighted by atomic mass is 32.2. The van der Waals surface area contributed by atoms with Crippen molar-refractivity contribution in [1.82, 2.24) is 9.97 Å². The Morgan fingerprint density at radius 1 is 1.13 bits per heavy atom. The maximum Gasteiger partial charge on any atom is 0.259 e. The molecule has 2 aromatic carbocycles. The van der Waals surface area contributed by atoms with Crippen LogP contribution in [0, 0.1) is 6.92 Å². The first-order valence-corrected chi connectivity index (χ1v) is 8.80. The molecule has 0 radical (unpaired) electrons. The first kappa shape index (κ1) is 15.2. The summed E-state index contributed by atoms with van der Waals surface area (Å²) >= 11 is 0. The summed E-state index contributed by atoms with van der Waals surface area (Å²) < 4.78 is 25.4. The summed E-state index contributed by atoms with van der Waals surface area (Å²) in [5, 5.41) is 0.502. The van der Waals surface area contributed by atoms with Gasteiger partial charge in [-0.3, -0.25) is 9.52 Å². The third-order valence-electron chi connectivity index (χ3n) is 3.34. The molecule has 7 heteroatoms. The molecule has 6 nitrogen and oxygen atoms in total. The number of hydrogen-bond acceptors (Lipinski definition) is 4. The highest BCUT2D eigenvalue weighted by molar-refractivity contribution is 7.92. The second kappa shape index (κ2) is 5.51. The Hall–Kier alpha value is -2.67. The molecule has 3 aromatic rings. The molecule has 118 valence electrons. The van der Waals surface area contributed by atoms with E-state index in [1.807, 2.05) is 13.0 Å². The van der Waals surface area contributed by atoms with Gasteiger partial charge in [-0.25, -0.2) is 13.4 Å². The molecule has 0 aliphatic carbocycles. The molecule has 2 N–H and O–H groups in total. The smallest absolute Gasteiger partial charge is 0.259 e. The molecule has 0 fully saturated rings. The van der Waals surface area contributed by atoms with Crippen molar-refractivity contribution in [3.05, 3.63) is 58.4 Å². The standard InChI is InChI=1S/C16H15N3O3S/c1-10-7-8-13-12(9-10)16(20)18-15(17-13)11-5-3-4-6-14(11)19-23(2,21)22/h3-9,19H,1-2H3,(H,17,18,20). The van der Waals surface area contributed by atoms with E-state index in [1.165, 1.54) is 0 Å². The van der Waals surface area contributed by atoms with Crippen LogP contribution in [-0.4, -0.2) is 24.6 Å². The van der Waals surface area contributed by atoms with Gasteiger partial charge in [-0.2, -0.15) is 0 Å². The van der Waals surface area contributed by atoms with Gasteiger partial charge in [-0.15, -0.1) is 0 Å². The van der Waals surface area contributed by atoms with E-state index in [1.54, 1.807) is 36.4 Å². The number of nitrogens with zero attached hydrogens (tertiary/aromatic N) is 1. The monoisotopic (exact) mass is 329 g/mol. The van der Waals surface area contributed by atoms with Gasteiger partial charge >= 0.3 is 0 Å². The largest absolute Gasteiger partial charge is 0.306 e. The zero-order chi connectivity index (χ0) is 16.6. The van der Waals surface area contributed by atoms with Gasteiger partial charge in [0.25, 0.3) is 5.56 Å². The number of aromatic amines is 1. The van der Waals surface area contributed by atoms with E-state index in [4.69, 9.17) is 0 Å². The first-order chi connectivity index (χ1) is 10.8. The average molecular weight is 329 g/mol. The Labute approximate surface area is 133 Å². The van der Waals surface area contributed by atoms with Gasteiger partial charge in [0.15, 0.2) is 0 Å². The summed E-state index contributed by atoms with van der Waals surface area (Å²) in [6.45, 7) is 1.90. The zero-order valence-corrected chi connectivity index (χ0v) is 13.4. The van der Waals surface area contributed by atoms with E-state index in [-0.39, 0.29) is 5.56 Å². The van der Waals surface area contributed by atoms with E-state index in [0.717, 1.165) is 11.8 Å². The summed E-state index contributed by atoms with van der Waals surface area (Å²) in [5.74, 6) is 0.318. The van der Waals surface area contributed by atoms with Gasteiger partial charge in [0.1, 0.15) is 5.82 Å². The van der Waals surface area contributed by atoms with Crippen LogP contribution in [0.4, 0.5) is 5.69 Å². The number of aryl methyl sites for hydroxylation is 1. The van der Waals surface area contributed by atoms with Gasteiger partial charge in [0.05, 0.1) is 22.8 Å². The number of anilines is 1. The van der Waals surface area contributed by atoms with Gasteiger partial charge in [-0.05, 0) is 31.2 Å². The molecule has 0 atom stereocenters. The number of benzene rings is 2. The fourth-order valence-corrected chi connectivity index (χ4v) is 2.94. The van der Waals surface area contributed by atoms with E-state index >= 15 is 0 Å². The Kier molecular flexibility index (Phi) is 3.65. The van der Waals surface area contributed by atoms with Crippen LogP contribution < -0.4 is 10.3 Å². The molecular weight excluding hydrogens is 314 g/mol. The second-order valence-corrected chi connectivity index (χ2v) is 7.10. The summed E-state index contributed by atoms with van der Waals surface area (Å²) in [7, 11) is -3.44. The minimum Gasteiger partial charge on any atom is -0.306 e. The number of nitrogens with one attached hydrogen (secondary N) is 2. The van der Waals surface area contributed by atoms with E-state index in [2.05, 4.69) is 14.7 Å². The molecular formula is C16H15N3O3S. The van der Waals surface area contributed by atoms with Crippen molar-refractivity contribution in [2.45, 2.75) is 6.92 Å². The molecule has 0 saturated carbocycles. The fourth-order valence-electron chi connectivity index (χ4n) is 2.36. The van der Waals surface area contributed by atoms with Crippen LogP contribution in [0.15, 0.2) is 47.3 Å². The highest BCUT2D eigenvalue weighted by Crippen LogP contribution is 2.26. The van der Waals surface area contributed by atoms with Gasteiger partial charge in [0.2, 0.25) is 10.0 Å². The van der Waals surface area contributed by atoms with Crippen LogP contribution in [-0.2, 0) is 10.0 Å². The minimum atomic E-state index is -3.44. The highest BCUT2D eigenvalue weighted by Gasteiger charge is 2.12. The van der Waals surface area contributed by atoms with E-state index in [0.29, 0.717) is 28.0 Å². The molecule has 0 spiro atoms. The minimum absolute atomic E-state index is 0.261. The number of H-pyrrole nitrogens is 1. The van der Waals surface area contributed by atoms with Crippen molar-refractivity contribution >= 4 is 26.6 Å². The third kappa shape index (κ3) is 3.24. The lowest BCUT2D eigenvalue weighted by atomic mass is 10.1. The maximum absolute atomic E-state index is 12.3. The van der Waals surface area contributed by atoms with E-state index in [9.17, 15) is 13.2 Å². The quantitative estimate of drug-likeness (QED) is 0.771. The maximum atomic E-state index is 12.3. The molecule has 0 aliphatic heterocycles. The van der Waals surface area contributed by atoms with Gasteiger partial charge in [-0.1, -0.05) is 23.8 Å². The average Bonchev–Trinajstić information content (AvgIpc) is 2.47. The fraction of sp³-hybridized carbons (Fsp3) is 0.125. The van der Waals surface area contributed by atoms with Crippen LogP contribution in [0.5, 0.6) is 0 Å². The van der Waals surface area contributed by atoms with Crippen LogP contribution in [0.1, 0.15) is 5.56 Å². The Balaban J connectivity index is 2.22. The van der Waals surface area contributed by atoms with Crippen LogP contribution in [0.3, 0.4) is 0 Å². The van der Waals surface area contributed by atoms with E-state index < -0.39 is 10.0 Å².